The Balaban J connectivity index is 4.15. The van der Waals surface area contributed by atoms with Crippen LogP contribution in [0.5, 0.6) is 0 Å². The SMILES string of the molecule is O=S(=O)(O)OC1C(OS(=O)(=O)O)C(OS(=O)(=O)O)C(OS(=O)(=O)O)C(OS(=O)(=O)O)C1OS(=O)(=O)O. The van der Waals surface area contributed by atoms with Gasteiger partial charge in [0, 0.05) is 0 Å². The van der Waals surface area contributed by atoms with E-state index < -0.39 is 99.0 Å². The minimum absolute atomic E-state index is 3.40. The summed E-state index contributed by atoms with van der Waals surface area (Å²) >= 11 is 0. The van der Waals surface area contributed by atoms with E-state index in [1.165, 1.54) is 0 Å². The third-order valence-corrected chi connectivity index (χ3v) is 6.13. The maximum atomic E-state index is 11.2. The average molecular weight is 661 g/mol. The summed E-state index contributed by atoms with van der Waals surface area (Å²) in [5, 5.41) is 0. The molecule has 0 aromatic heterocycles. The van der Waals surface area contributed by atoms with E-state index in [1.807, 2.05) is 0 Å². The largest absolute Gasteiger partial charge is 0.397 e. The van der Waals surface area contributed by atoms with E-state index in [4.69, 9.17) is 27.3 Å². The van der Waals surface area contributed by atoms with Crippen LogP contribution in [0.1, 0.15) is 0 Å². The van der Waals surface area contributed by atoms with Crippen molar-refractivity contribution in [1.82, 2.24) is 0 Å². The molecule has 6 N–H and O–H groups in total. The van der Waals surface area contributed by atoms with Crippen molar-refractivity contribution in [3.05, 3.63) is 0 Å². The van der Waals surface area contributed by atoms with Gasteiger partial charge in [-0.25, -0.2) is 25.1 Å². The Morgan fingerprint density at radius 1 is 0.278 bits per heavy atom. The van der Waals surface area contributed by atoms with Gasteiger partial charge >= 0.3 is 62.4 Å². The van der Waals surface area contributed by atoms with E-state index in [2.05, 4.69) is 25.1 Å². The summed E-state index contributed by atoms with van der Waals surface area (Å²) in [5.41, 5.74) is 0. The first kappa shape index (κ1) is 33.2. The second-order valence-electron chi connectivity index (χ2n) is 5.93. The first-order valence-corrected chi connectivity index (χ1v) is 15.7. The van der Waals surface area contributed by atoms with E-state index in [9.17, 15) is 50.5 Å². The molecule has 216 valence electrons. The molecule has 30 heteroatoms. The molecule has 0 bridgehead atoms. The fourth-order valence-electron chi connectivity index (χ4n) is 2.62. The highest BCUT2D eigenvalue weighted by atomic mass is 32.3. The van der Waals surface area contributed by atoms with Crippen LogP contribution < -0.4 is 0 Å². The molecule has 0 saturated heterocycles. The summed E-state index contributed by atoms with van der Waals surface area (Å²) in [6.07, 6.45) is -20.4. The van der Waals surface area contributed by atoms with E-state index >= 15 is 0 Å². The van der Waals surface area contributed by atoms with Gasteiger partial charge in [-0.05, 0) is 0 Å². The zero-order chi connectivity index (χ0) is 28.7. The van der Waals surface area contributed by atoms with Crippen LogP contribution in [0.25, 0.3) is 0 Å². The van der Waals surface area contributed by atoms with Gasteiger partial charge in [0.25, 0.3) is 0 Å². The second kappa shape index (κ2) is 10.8. The highest BCUT2D eigenvalue weighted by molar-refractivity contribution is 7.82. The summed E-state index contributed by atoms with van der Waals surface area (Å²) in [7, 11) is -36.3. The fourth-order valence-corrected chi connectivity index (χ4v) is 5.62. The number of hydrogen-bond acceptors (Lipinski definition) is 18. The first-order valence-electron chi connectivity index (χ1n) is 7.51. The van der Waals surface area contributed by atoms with E-state index in [-0.39, 0.29) is 0 Å². The van der Waals surface area contributed by atoms with Crippen LogP contribution in [-0.4, -0.2) is 114 Å². The Kier molecular flexibility index (Phi) is 9.95. The van der Waals surface area contributed by atoms with Crippen molar-refractivity contribution < 1.29 is 103 Å². The van der Waals surface area contributed by atoms with Gasteiger partial charge in [-0.1, -0.05) is 0 Å². The van der Waals surface area contributed by atoms with E-state index in [1.54, 1.807) is 0 Å². The Morgan fingerprint density at radius 3 is 0.417 bits per heavy atom. The maximum Gasteiger partial charge on any atom is 0.397 e. The van der Waals surface area contributed by atoms with Gasteiger partial charge in [0.1, 0.15) is 36.6 Å². The van der Waals surface area contributed by atoms with E-state index in [0.717, 1.165) is 0 Å². The maximum absolute atomic E-state index is 11.2. The second-order valence-corrected chi connectivity index (χ2v) is 12.2. The fraction of sp³-hybridized carbons (Fsp3) is 1.00. The zero-order valence-corrected chi connectivity index (χ0v) is 20.8. The Labute approximate surface area is 201 Å². The summed E-state index contributed by atoms with van der Waals surface area (Å²) in [6.45, 7) is 0. The zero-order valence-electron chi connectivity index (χ0n) is 15.9. The molecule has 0 spiro atoms. The minimum Gasteiger partial charge on any atom is -0.264 e. The van der Waals surface area contributed by atoms with Gasteiger partial charge in [-0.15, -0.1) is 0 Å². The normalized spacial score (nSPS) is 29.2. The molecule has 24 nitrogen and oxygen atoms in total. The lowest BCUT2D eigenvalue weighted by atomic mass is 9.85. The van der Waals surface area contributed by atoms with Crippen molar-refractivity contribution in [1.29, 1.82) is 0 Å². The molecule has 1 aliphatic carbocycles. The number of hydrogen-bond donors (Lipinski definition) is 6. The lowest BCUT2D eigenvalue weighted by Gasteiger charge is -2.45. The lowest BCUT2D eigenvalue weighted by Crippen LogP contribution is -2.69. The molecular formula is C6H12O24S6. The van der Waals surface area contributed by atoms with Crippen LogP contribution in [0.15, 0.2) is 0 Å². The van der Waals surface area contributed by atoms with Crippen LogP contribution in [0.2, 0.25) is 0 Å². The van der Waals surface area contributed by atoms with Crippen molar-refractivity contribution in [2.75, 3.05) is 0 Å². The third kappa shape index (κ3) is 12.2. The molecular weight excluding hydrogens is 648 g/mol. The summed E-state index contributed by atoms with van der Waals surface area (Å²) in [4.78, 5) is 0. The van der Waals surface area contributed by atoms with Gasteiger partial charge in [0.05, 0.1) is 0 Å². The van der Waals surface area contributed by atoms with Gasteiger partial charge in [0.2, 0.25) is 0 Å². The third-order valence-electron chi connectivity index (χ3n) is 3.34. The minimum atomic E-state index is -6.04. The molecule has 36 heavy (non-hydrogen) atoms. The molecule has 0 radical (unpaired) electrons. The predicted molar refractivity (Wildman–Crippen MR) is 98.5 cm³/mol. The Bertz CT molecular complexity index is 1140. The van der Waals surface area contributed by atoms with Gasteiger partial charge in [-0.2, -0.15) is 50.5 Å². The quantitative estimate of drug-likeness (QED) is 0.107. The van der Waals surface area contributed by atoms with E-state index in [0.29, 0.717) is 0 Å². The molecule has 0 heterocycles. The van der Waals surface area contributed by atoms with Gasteiger partial charge in [-0.3, -0.25) is 27.3 Å². The molecule has 1 rings (SSSR count). The molecule has 0 unspecified atom stereocenters. The number of rotatable bonds is 12. The summed E-state index contributed by atoms with van der Waals surface area (Å²) in [5.74, 6) is 0. The molecule has 0 aromatic carbocycles. The molecule has 1 aliphatic rings. The highest BCUT2D eigenvalue weighted by Crippen LogP contribution is 2.37. The van der Waals surface area contributed by atoms with Crippen LogP contribution >= 0.6 is 0 Å². The highest BCUT2D eigenvalue weighted by Gasteiger charge is 2.62. The smallest absolute Gasteiger partial charge is 0.264 e. The summed E-state index contributed by atoms with van der Waals surface area (Å²) < 4.78 is 211. The van der Waals surface area contributed by atoms with Gasteiger partial charge in [0.15, 0.2) is 0 Å². The molecule has 1 saturated carbocycles. The van der Waals surface area contributed by atoms with Crippen LogP contribution in [0.3, 0.4) is 0 Å². The summed E-state index contributed by atoms with van der Waals surface area (Å²) in [6, 6.07) is 0. The first-order chi connectivity index (χ1) is 15.6. The van der Waals surface area contributed by atoms with Crippen molar-refractivity contribution >= 4 is 62.4 Å². The van der Waals surface area contributed by atoms with Crippen molar-refractivity contribution in [2.24, 2.45) is 0 Å². The van der Waals surface area contributed by atoms with Gasteiger partial charge < -0.3 is 0 Å². The molecule has 0 aromatic rings. The predicted octanol–water partition coefficient (Wildman–Crippen LogP) is -4.87. The molecule has 0 atom stereocenters. The lowest BCUT2D eigenvalue weighted by molar-refractivity contribution is -0.185. The molecule has 1 fully saturated rings. The Morgan fingerprint density at radius 2 is 0.361 bits per heavy atom. The standard InChI is InChI=1S/C6H12O24S6/c7-31(8,9)25-1-2(26-32(10,11)12)4(28-34(16,17)18)6(30-36(22,23)24)5(29-35(19,20)21)3(1)27-33(13,14)15/h1-6H,(H,7,8,9)(H,10,11,12)(H,13,14,15)(H,16,17,18)(H,19,20,21)(H,22,23,24). The van der Waals surface area contributed by atoms with Crippen molar-refractivity contribution in [3.63, 3.8) is 0 Å². The molecule has 0 aliphatic heterocycles. The van der Waals surface area contributed by atoms with Crippen LogP contribution in [0.4, 0.5) is 0 Å². The Hall–Kier alpha value is -0.780. The topological polar surface area (TPSA) is 382 Å². The van der Waals surface area contributed by atoms with Crippen molar-refractivity contribution in [3.8, 4) is 0 Å². The average Bonchev–Trinajstić information content (AvgIpc) is 2.51. The van der Waals surface area contributed by atoms with Crippen LogP contribution in [0, 0.1) is 0 Å². The monoisotopic (exact) mass is 660 g/mol. The molecule has 0 amide bonds. The van der Waals surface area contributed by atoms with Crippen molar-refractivity contribution in [2.45, 2.75) is 36.6 Å². The van der Waals surface area contributed by atoms with Crippen LogP contribution in [-0.2, 0) is 87.5 Å².